The van der Waals surface area contributed by atoms with E-state index in [1.165, 1.54) is 18.7 Å². The maximum Gasteiger partial charge on any atom is 0.141 e. The third-order valence-corrected chi connectivity index (χ3v) is 3.86. The lowest BCUT2D eigenvalue weighted by molar-refractivity contribution is 0.401. The summed E-state index contributed by atoms with van der Waals surface area (Å²) in [6.07, 6.45) is 0.675. The molecule has 0 radical (unpaired) electrons. The molecule has 2 rings (SSSR count). The first-order valence-corrected chi connectivity index (χ1v) is 7.14. The van der Waals surface area contributed by atoms with Gasteiger partial charge in [-0.05, 0) is 40.9 Å². The SMILES string of the molecule is COc1cc(F)c(Br)cc1C(N)Cc1ccc(C)cc1. The molecular formula is C16H17BrFNO. The normalized spacial score (nSPS) is 12.2. The van der Waals surface area contributed by atoms with E-state index in [0.717, 1.165) is 11.1 Å². The summed E-state index contributed by atoms with van der Waals surface area (Å²) in [5.74, 6) is 0.124. The molecule has 2 aromatic rings. The van der Waals surface area contributed by atoms with Gasteiger partial charge in [-0.3, -0.25) is 0 Å². The van der Waals surface area contributed by atoms with Gasteiger partial charge in [0.1, 0.15) is 11.6 Å². The minimum absolute atomic E-state index is 0.246. The van der Waals surface area contributed by atoms with Crippen molar-refractivity contribution in [2.24, 2.45) is 5.73 Å². The number of ether oxygens (including phenoxy) is 1. The highest BCUT2D eigenvalue weighted by Gasteiger charge is 2.15. The summed E-state index contributed by atoms with van der Waals surface area (Å²) in [6.45, 7) is 2.05. The maximum atomic E-state index is 13.5. The van der Waals surface area contributed by atoms with Gasteiger partial charge < -0.3 is 10.5 Å². The van der Waals surface area contributed by atoms with Crippen LogP contribution < -0.4 is 10.5 Å². The molecule has 1 atom stereocenters. The van der Waals surface area contributed by atoms with Crippen LogP contribution in [-0.2, 0) is 6.42 Å². The van der Waals surface area contributed by atoms with Gasteiger partial charge in [-0.1, -0.05) is 29.8 Å². The fourth-order valence-electron chi connectivity index (χ4n) is 2.10. The Kier molecular flexibility index (Phi) is 4.78. The largest absolute Gasteiger partial charge is 0.496 e. The van der Waals surface area contributed by atoms with Crippen molar-refractivity contribution in [3.05, 3.63) is 63.4 Å². The summed E-state index contributed by atoms with van der Waals surface area (Å²) in [7, 11) is 1.52. The third kappa shape index (κ3) is 3.38. The van der Waals surface area contributed by atoms with Crippen LogP contribution in [0.5, 0.6) is 5.75 Å². The number of aryl methyl sites for hydroxylation is 1. The standard InChI is InChI=1S/C16H17BrFNO/c1-10-3-5-11(6-4-10)7-15(19)12-8-13(17)14(18)9-16(12)20-2/h3-6,8-9,15H,7,19H2,1-2H3. The van der Waals surface area contributed by atoms with E-state index in [-0.39, 0.29) is 11.9 Å². The molecule has 106 valence electrons. The zero-order valence-corrected chi connectivity index (χ0v) is 13.1. The van der Waals surface area contributed by atoms with Crippen LogP contribution in [-0.4, -0.2) is 7.11 Å². The Bertz CT molecular complexity index is 598. The Hall–Kier alpha value is -1.39. The van der Waals surface area contributed by atoms with Crippen LogP contribution in [0, 0.1) is 12.7 Å². The van der Waals surface area contributed by atoms with Gasteiger partial charge in [0.2, 0.25) is 0 Å². The van der Waals surface area contributed by atoms with E-state index >= 15 is 0 Å². The number of hydrogen-bond acceptors (Lipinski definition) is 2. The second-order valence-electron chi connectivity index (χ2n) is 4.80. The van der Waals surface area contributed by atoms with E-state index in [0.29, 0.717) is 16.6 Å². The highest BCUT2D eigenvalue weighted by Crippen LogP contribution is 2.31. The monoisotopic (exact) mass is 337 g/mol. The molecule has 2 aromatic carbocycles. The van der Waals surface area contributed by atoms with Crippen molar-refractivity contribution in [2.75, 3.05) is 7.11 Å². The van der Waals surface area contributed by atoms with Crippen molar-refractivity contribution in [1.29, 1.82) is 0 Å². The number of halogens is 2. The molecule has 2 nitrogen and oxygen atoms in total. The first-order chi connectivity index (χ1) is 9.51. The van der Waals surface area contributed by atoms with Gasteiger partial charge in [0.05, 0.1) is 11.6 Å². The molecule has 0 bridgehead atoms. The number of rotatable bonds is 4. The summed E-state index contributed by atoms with van der Waals surface area (Å²) >= 11 is 3.19. The second-order valence-corrected chi connectivity index (χ2v) is 5.66. The highest BCUT2D eigenvalue weighted by molar-refractivity contribution is 9.10. The molecule has 4 heteroatoms. The van der Waals surface area contributed by atoms with Crippen LogP contribution in [0.15, 0.2) is 40.9 Å². The molecule has 0 spiro atoms. The molecular weight excluding hydrogens is 321 g/mol. The van der Waals surface area contributed by atoms with Crippen LogP contribution in [0.25, 0.3) is 0 Å². The average molecular weight is 338 g/mol. The number of benzene rings is 2. The lowest BCUT2D eigenvalue weighted by Crippen LogP contribution is -2.15. The fourth-order valence-corrected chi connectivity index (χ4v) is 2.46. The first-order valence-electron chi connectivity index (χ1n) is 6.35. The van der Waals surface area contributed by atoms with Crippen LogP contribution >= 0.6 is 15.9 Å². The van der Waals surface area contributed by atoms with E-state index in [1.54, 1.807) is 6.07 Å². The zero-order chi connectivity index (χ0) is 14.7. The summed E-state index contributed by atoms with van der Waals surface area (Å²) in [6, 6.07) is 11.0. The average Bonchev–Trinajstić information content (AvgIpc) is 2.43. The summed E-state index contributed by atoms with van der Waals surface area (Å²) in [5.41, 5.74) is 9.39. The predicted molar refractivity (Wildman–Crippen MR) is 82.5 cm³/mol. The topological polar surface area (TPSA) is 35.2 Å². The van der Waals surface area contributed by atoms with Gasteiger partial charge in [-0.2, -0.15) is 0 Å². The Morgan fingerprint density at radius 2 is 1.90 bits per heavy atom. The first kappa shape index (κ1) is 15.0. The molecule has 0 fully saturated rings. The fraction of sp³-hybridized carbons (Fsp3) is 0.250. The third-order valence-electron chi connectivity index (χ3n) is 3.25. The van der Waals surface area contributed by atoms with Crippen molar-refractivity contribution in [2.45, 2.75) is 19.4 Å². The Balaban J connectivity index is 2.26. The molecule has 2 N–H and O–H groups in total. The molecule has 0 amide bonds. The highest BCUT2D eigenvalue weighted by atomic mass is 79.9. The van der Waals surface area contributed by atoms with Crippen molar-refractivity contribution in [1.82, 2.24) is 0 Å². The molecule has 0 aliphatic rings. The van der Waals surface area contributed by atoms with E-state index in [9.17, 15) is 4.39 Å². The molecule has 1 unspecified atom stereocenters. The molecule has 0 saturated carbocycles. The predicted octanol–water partition coefficient (Wildman–Crippen LogP) is 4.15. The number of hydrogen-bond donors (Lipinski definition) is 1. The summed E-state index contributed by atoms with van der Waals surface area (Å²) in [5, 5.41) is 0. The van der Waals surface area contributed by atoms with Crippen LogP contribution in [0.3, 0.4) is 0 Å². The molecule has 20 heavy (non-hydrogen) atoms. The zero-order valence-electron chi connectivity index (χ0n) is 11.5. The number of methoxy groups -OCH3 is 1. The molecule has 0 heterocycles. The molecule has 0 aromatic heterocycles. The van der Waals surface area contributed by atoms with Gasteiger partial charge in [-0.25, -0.2) is 4.39 Å². The number of nitrogens with two attached hydrogens (primary N) is 1. The molecule has 0 aliphatic heterocycles. The van der Waals surface area contributed by atoms with Crippen molar-refractivity contribution in [3.8, 4) is 5.75 Å². The Morgan fingerprint density at radius 3 is 2.50 bits per heavy atom. The van der Waals surface area contributed by atoms with Crippen molar-refractivity contribution in [3.63, 3.8) is 0 Å². The minimum atomic E-state index is -0.354. The maximum absolute atomic E-state index is 13.5. The lowest BCUT2D eigenvalue weighted by Gasteiger charge is -2.17. The van der Waals surface area contributed by atoms with Gasteiger partial charge in [-0.15, -0.1) is 0 Å². The van der Waals surface area contributed by atoms with E-state index in [2.05, 4.69) is 40.2 Å². The molecule has 0 saturated heterocycles. The molecule has 0 aliphatic carbocycles. The van der Waals surface area contributed by atoms with Gasteiger partial charge >= 0.3 is 0 Å². The van der Waals surface area contributed by atoms with Crippen molar-refractivity contribution >= 4 is 15.9 Å². The smallest absolute Gasteiger partial charge is 0.141 e. The van der Waals surface area contributed by atoms with Crippen LogP contribution in [0.2, 0.25) is 0 Å². The van der Waals surface area contributed by atoms with Crippen molar-refractivity contribution < 1.29 is 9.13 Å². The summed E-state index contributed by atoms with van der Waals surface area (Å²) in [4.78, 5) is 0. The van der Waals surface area contributed by atoms with Gasteiger partial charge in [0.15, 0.2) is 0 Å². The summed E-state index contributed by atoms with van der Waals surface area (Å²) < 4.78 is 19.1. The minimum Gasteiger partial charge on any atom is -0.496 e. The Labute approximate surface area is 126 Å². The Morgan fingerprint density at radius 1 is 1.25 bits per heavy atom. The van der Waals surface area contributed by atoms with Crippen LogP contribution in [0.1, 0.15) is 22.7 Å². The van der Waals surface area contributed by atoms with E-state index < -0.39 is 0 Å². The van der Waals surface area contributed by atoms with E-state index in [4.69, 9.17) is 10.5 Å². The van der Waals surface area contributed by atoms with Crippen LogP contribution in [0.4, 0.5) is 4.39 Å². The second kappa shape index (κ2) is 6.37. The van der Waals surface area contributed by atoms with E-state index in [1.807, 2.05) is 6.92 Å². The van der Waals surface area contributed by atoms with Gasteiger partial charge in [0, 0.05) is 17.7 Å². The van der Waals surface area contributed by atoms with Gasteiger partial charge in [0.25, 0.3) is 0 Å². The lowest BCUT2D eigenvalue weighted by atomic mass is 9.98. The quantitative estimate of drug-likeness (QED) is 0.909.